The summed E-state index contributed by atoms with van der Waals surface area (Å²) in [4.78, 5) is 5.70. The van der Waals surface area contributed by atoms with Gasteiger partial charge in [-0.3, -0.25) is 0 Å². The zero-order valence-corrected chi connectivity index (χ0v) is 11.7. The van der Waals surface area contributed by atoms with E-state index in [2.05, 4.69) is 27.8 Å². The van der Waals surface area contributed by atoms with Gasteiger partial charge in [-0.1, -0.05) is 17.8 Å². The van der Waals surface area contributed by atoms with Crippen molar-refractivity contribution in [1.82, 2.24) is 10.3 Å². The number of oxazole rings is 1. The van der Waals surface area contributed by atoms with Gasteiger partial charge in [0.25, 0.3) is 5.22 Å². The minimum Gasteiger partial charge on any atom is -0.437 e. The van der Waals surface area contributed by atoms with Crippen molar-refractivity contribution in [2.24, 2.45) is 0 Å². The van der Waals surface area contributed by atoms with E-state index in [9.17, 15) is 0 Å². The highest BCUT2D eigenvalue weighted by Crippen LogP contribution is 2.19. The Morgan fingerprint density at radius 1 is 1.47 bits per heavy atom. The summed E-state index contributed by atoms with van der Waals surface area (Å²) in [6.45, 7) is 5.82. The second kappa shape index (κ2) is 6.23. The molecule has 0 saturated heterocycles. The Labute approximate surface area is 110 Å². The van der Waals surface area contributed by atoms with Crippen LogP contribution >= 0.6 is 23.1 Å². The summed E-state index contributed by atoms with van der Waals surface area (Å²) in [6, 6.07) is 4.22. The Morgan fingerprint density at radius 3 is 3.00 bits per heavy atom. The number of aromatic nitrogens is 1. The third-order valence-electron chi connectivity index (χ3n) is 2.39. The third-order valence-corrected chi connectivity index (χ3v) is 4.10. The molecular formula is C12H16N2OS2. The first kappa shape index (κ1) is 12.7. The summed E-state index contributed by atoms with van der Waals surface area (Å²) in [5.41, 5.74) is 0.985. The van der Waals surface area contributed by atoms with Crippen LogP contribution in [0.5, 0.6) is 0 Å². The molecule has 2 rings (SSSR count). The molecule has 2 aromatic heterocycles. The Balaban J connectivity index is 1.63. The van der Waals surface area contributed by atoms with E-state index in [0.29, 0.717) is 0 Å². The van der Waals surface area contributed by atoms with Gasteiger partial charge in [0.1, 0.15) is 5.76 Å². The minimum atomic E-state index is 0.776. The van der Waals surface area contributed by atoms with Crippen molar-refractivity contribution in [2.75, 3.05) is 12.3 Å². The maximum Gasteiger partial charge on any atom is 0.256 e. The van der Waals surface area contributed by atoms with E-state index in [1.54, 1.807) is 23.1 Å². The zero-order valence-electron chi connectivity index (χ0n) is 10.0. The number of hydrogen-bond donors (Lipinski definition) is 1. The molecule has 0 aliphatic carbocycles. The predicted molar refractivity (Wildman–Crippen MR) is 72.7 cm³/mol. The molecule has 0 saturated carbocycles. The van der Waals surface area contributed by atoms with E-state index in [-0.39, 0.29) is 0 Å². The monoisotopic (exact) mass is 268 g/mol. The summed E-state index contributed by atoms with van der Waals surface area (Å²) in [7, 11) is 0. The van der Waals surface area contributed by atoms with E-state index < -0.39 is 0 Å². The quantitative estimate of drug-likeness (QED) is 0.645. The molecule has 0 atom stereocenters. The van der Waals surface area contributed by atoms with Crippen molar-refractivity contribution in [1.29, 1.82) is 0 Å². The van der Waals surface area contributed by atoms with E-state index in [1.165, 1.54) is 4.88 Å². The van der Waals surface area contributed by atoms with Crippen molar-refractivity contribution in [2.45, 2.75) is 25.6 Å². The minimum absolute atomic E-state index is 0.776. The van der Waals surface area contributed by atoms with Gasteiger partial charge >= 0.3 is 0 Å². The molecule has 0 aliphatic heterocycles. The zero-order chi connectivity index (χ0) is 12.1. The summed E-state index contributed by atoms with van der Waals surface area (Å²) in [6.07, 6.45) is 0. The van der Waals surface area contributed by atoms with E-state index in [4.69, 9.17) is 4.42 Å². The standard InChI is InChI=1S/C12H16N2OS2/c1-9-10(2)15-12(14-9)17-7-5-13-8-11-4-3-6-16-11/h3-4,6,13H,5,7-8H2,1-2H3. The van der Waals surface area contributed by atoms with E-state index >= 15 is 0 Å². The third kappa shape index (κ3) is 3.87. The van der Waals surface area contributed by atoms with Crippen molar-refractivity contribution >= 4 is 23.1 Å². The molecule has 0 unspecified atom stereocenters. The Hall–Kier alpha value is -0.780. The topological polar surface area (TPSA) is 38.1 Å². The first-order valence-electron chi connectivity index (χ1n) is 5.55. The molecule has 0 aliphatic rings. The highest BCUT2D eigenvalue weighted by atomic mass is 32.2. The van der Waals surface area contributed by atoms with Crippen LogP contribution in [-0.4, -0.2) is 17.3 Å². The number of nitrogens with zero attached hydrogens (tertiary/aromatic N) is 1. The maximum absolute atomic E-state index is 5.49. The molecule has 0 amide bonds. The number of aryl methyl sites for hydroxylation is 2. The number of thioether (sulfide) groups is 1. The molecule has 17 heavy (non-hydrogen) atoms. The van der Waals surface area contributed by atoms with Crippen LogP contribution in [0.15, 0.2) is 27.2 Å². The highest BCUT2D eigenvalue weighted by Gasteiger charge is 2.05. The van der Waals surface area contributed by atoms with Crippen LogP contribution in [0.1, 0.15) is 16.3 Å². The average Bonchev–Trinajstić information content (AvgIpc) is 2.90. The SMILES string of the molecule is Cc1nc(SCCNCc2cccs2)oc1C. The average molecular weight is 268 g/mol. The van der Waals surface area contributed by atoms with Gasteiger partial charge in [0, 0.05) is 23.7 Å². The van der Waals surface area contributed by atoms with Crippen LogP contribution < -0.4 is 5.32 Å². The normalized spacial score (nSPS) is 10.9. The Bertz CT molecular complexity index is 432. The van der Waals surface area contributed by atoms with Gasteiger partial charge in [-0.25, -0.2) is 4.98 Å². The molecule has 1 N–H and O–H groups in total. The van der Waals surface area contributed by atoms with E-state index in [1.807, 2.05) is 13.8 Å². The molecule has 0 aromatic carbocycles. The number of rotatable bonds is 6. The Morgan fingerprint density at radius 2 is 2.35 bits per heavy atom. The van der Waals surface area contributed by atoms with Crippen LogP contribution in [0.25, 0.3) is 0 Å². The lowest BCUT2D eigenvalue weighted by atomic mass is 10.4. The molecule has 2 aromatic rings. The van der Waals surface area contributed by atoms with Gasteiger partial charge in [-0.15, -0.1) is 11.3 Å². The van der Waals surface area contributed by atoms with Gasteiger partial charge < -0.3 is 9.73 Å². The summed E-state index contributed by atoms with van der Waals surface area (Å²) >= 11 is 3.44. The Kier molecular flexibility index (Phi) is 4.65. The lowest BCUT2D eigenvalue weighted by molar-refractivity contribution is 0.431. The second-order valence-corrected chi connectivity index (χ2v) is 5.80. The van der Waals surface area contributed by atoms with Crippen molar-refractivity contribution < 1.29 is 4.42 Å². The number of thiophene rings is 1. The van der Waals surface area contributed by atoms with Gasteiger partial charge in [-0.05, 0) is 25.3 Å². The van der Waals surface area contributed by atoms with Crippen LogP contribution in [0.3, 0.4) is 0 Å². The van der Waals surface area contributed by atoms with Crippen molar-refractivity contribution in [3.63, 3.8) is 0 Å². The lowest BCUT2D eigenvalue weighted by Gasteiger charge is -2.00. The predicted octanol–water partition coefficient (Wildman–Crippen LogP) is 3.23. The van der Waals surface area contributed by atoms with Gasteiger partial charge in [0.2, 0.25) is 0 Å². The molecule has 0 radical (unpaired) electrons. The fourth-order valence-corrected chi connectivity index (χ4v) is 2.82. The molecule has 92 valence electrons. The molecule has 3 nitrogen and oxygen atoms in total. The largest absolute Gasteiger partial charge is 0.437 e. The van der Waals surface area contributed by atoms with Gasteiger partial charge in [0.05, 0.1) is 5.69 Å². The molecule has 0 spiro atoms. The molecule has 5 heteroatoms. The van der Waals surface area contributed by atoms with Crippen LogP contribution in [0.4, 0.5) is 0 Å². The summed E-state index contributed by atoms with van der Waals surface area (Å²) < 4.78 is 5.49. The van der Waals surface area contributed by atoms with Crippen LogP contribution in [-0.2, 0) is 6.54 Å². The van der Waals surface area contributed by atoms with Crippen LogP contribution in [0, 0.1) is 13.8 Å². The fourth-order valence-electron chi connectivity index (χ4n) is 1.34. The molecular weight excluding hydrogens is 252 g/mol. The van der Waals surface area contributed by atoms with Crippen molar-refractivity contribution in [3.8, 4) is 0 Å². The smallest absolute Gasteiger partial charge is 0.256 e. The van der Waals surface area contributed by atoms with Crippen LogP contribution in [0.2, 0.25) is 0 Å². The summed E-state index contributed by atoms with van der Waals surface area (Å²) in [5, 5.41) is 6.28. The molecule has 0 bridgehead atoms. The van der Waals surface area contributed by atoms with Crippen molar-refractivity contribution in [3.05, 3.63) is 33.8 Å². The highest BCUT2D eigenvalue weighted by molar-refractivity contribution is 7.99. The lowest BCUT2D eigenvalue weighted by Crippen LogP contribution is -2.15. The summed E-state index contributed by atoms with van der Waals surface area (Å²) in [5.74, 6) is 1.89. The molecule has 2 heterocycles. The maximum atomic E-state index is 5.49. The second-order valence-electron chi connectivity index (χ2n) is 3.73. The van der Waals surface area contributed by atoms with Gasteiger partial charge in [0.15, 0.2) is 0 Å². The van der Waals surface area contributed by atoms with Gasteiger partial charge in [-0.2, -0.15) is 0 Å². The first-order chi connectivity index (χ1) is 8.25. The first-order valence-corrected chi connectivity index (χ1v) is 7.42. The number of nitrogens with one attached hydrogen (secondary N) is 1. The number of hydrogen-bond acceptors (Lipinski definition) is 5. The van der Waals surface area contributed by atoms with E-state index in [0.717, 1.165) is 35.5 Å². The fraction of sp³-hybridized carbons (Fsp3) is 0.417. The molecule has 0 fully saturated rings.